The van der Waals surface area contributed by atoms with Gasteiger partial charge < -0.3 is 14.5 Å². The van der Waals surface area contributed by atoms with Gasteiger partial charge >= 0.3 is 6.01 Å². The van der Waals surface area contributed by atoms with Crippen LogP contribution in [-0.2, 0) is 4.79 Å². The fraction of sp³-hybridized carbons (Fsp3) is 0.474. The van der Waals surface area contributed by atoms with Gasteiger partial charge in [0.2, 0.25) is 17.5 Å². The molecule has 2 heterocycles. The number of pyridine rings is 1. The topological polar surface area (TPSA) is 106 Å². The van der Waals surface area contributed by atoms with Gasteiger partial charge in [-0.25, -0.2) is 9.37 Å². The molecule has 10 heteroatoms. The van der Waals surface area contributed by atoms with Crippen LogP contribution in [-0.4, -0.2) is 34.6 Å². The van der Waals surface area contributed by atoms with Crippen LogP contribution in [0, 0.1) is 12.8 Å². The van der Waals surface area contributed by atoms with E-state index in [1.54, 1.807) is 19.9 Å². The molecule has 0 aliphatic heterocycles. The Morgan fingerprint density at radius 1 is 1.41 bits per heavy atom. The van der Waals surface area contributed by atoms with E-state index in [1.807, 2.05) is 0 Å². The van der Waals surface area contributed by atoms with Crippen LogP contribution in [0.25, 0.3) is 0 Å². The maximum atomic E-state index is 12.9. The highest BCUT2D eigenvalue weighted by Gasteiger charge is 2.31. The van der Waals surface area contributed by atoms with Crippen molar-refractivity contribution in [1.82, 2.24) is 15.3 Å². The molecule has 2 atom stereocenters. The summed E-state index contributed by atoms with van der Waals surface area (Å²) in [5.74, 6) is -0.509. The number of halogens is 2. The van der Waals surface area contributed by atoms with Gasteiger partial charge in [-0.3, -0.25) is 14.9 Å². The molecule has 0 aromatic carbocycles. The van der Waals surface area contributed by atoms with Crippen LogP contribution >= 0.6 is 11.6 Å². The van der Waals surface area contributed by atoms with Crippen molar-refractivity contribution in [3.8, 4) is 5.88 Å². The molecular weight excluding hydrogens is 403 g/mol. The summed E-state index contributed by atoms with van der Waals surface area (Å²) >= 11 is 6.13. The Kier molecular flexibility index (Phi) is 6.36. The number of alkyl halides is 1. The summed E-state index contributed by atoms with van der Waals surface area (Å²) < 4.78 is 23.5. The van der Waals surface area contributed by atoms with Gasteiger partial charge in [0.05, 0.1) is 11.7 Å². The lowest BCUT2D eigenvalue weighted by molar-refractivity contribution is -0.117. The van der Waals surface area contributed by atoms with Crippen LogP contribution < -0.4 is 15.4 Å². The number of amides is 2. The Morgan fingerprint density at radius 3 is 2.76 bits per heavy atom. The molecule has 29 heavy (non-hydrogen) atoms. The first-order valence-corrected chi connectivity index (χ1v) is 9.63. The zero-order valence-electron chi connectivity index (χ0n) is 16.3. The number of aryl methyl sites for hydroxylation is 1. The summed E-state index contributed by atoms with van der Waals surface area (Å²) in [6.07, 6.45) is 2.05. The number of nitrogens with zero attached hydrogens (tertiary/aromatic N) is 2. The van der Waals surface area contributed by atoms with Crippen molar-refractivity contribution in [3.63, 3.8) is 0 Å². The van der Waals surface area contributed by atoms with E-state index < -0.39 is 18.1 Å². The molecule has 0 spiro atoms. The molecule has 156 valence electrons. The van der Waals surface area contributed by atoms with E-state index in [1.165, 1.54) is 13.1 Å². The predicted octanol–water partition coefficient (Wildman–Crippen LogP) is 3.61. The molecule has 8 nitrogen and oxygen atoms in total. The largest absolute Gasteiger partial charge is 0.474 e. The second-order valence-corrected chi connectivity index (χ2v) is 7.45. The predicted molar refractivity (Wildman–Crippen MR) is 104 cm³/mol. The summed E-state index contributed by atoms with van der Waals surface area (Å²) in [4.78, 5) is 32.5. The monoisotopic (exact) mass is 424 g/mol. The summed E-state index contributed by atoms with van der Waals surface area (Å²) in [5.41, 5.74) is 0.990. The van der Waals surface area contributed by atoms with Crippen molar-refractivity contribution in [2.45, 2.75) is 45.8 Å². The maximum Gasteiger partial charge on any atom is 0.302 e. The number of nitrogens with one attached hydrogen (secondary N) is 2. The molecule has 2 N–H and O–H groups in total. The van der Waals surface area contributed by atoms with Crippen LogP contribution in [0.5, 0.6) is 5.88 Å². The van der Waals surface area contributed by atoms with Crippen LogP contribution in [0.4, 0.5) is 10.4 Å². The smallest absolute Gasteiger partial charge is 0.302 e. The summed E-state index contributed by atoms with van der Waals surface area (Å²) in [5, 5.41) is 5.55. The highest BCUT2D eigenvalue weighted by atomic mass is 35.5. The normalized spacial score (nSPS) is 15.5. The van der Waals surface area contributed by atoms with E-state index in [0.29, 0.717) is 11.3 Å². The average Bonchev–Trinajstić information content (AvgIpc) is 3.44. The molecular formula is C19H22ClFN4O4. The lowest BCUT2D eigenvalue weighted by Crippen LogP contribution is -2.27. The van der Waals surface area contributed by atoms with E-state index in [-0.39, 0.29) is 41.1 Å². The fourth-order valence-electron chi connectivity index (χ4n) is 2.54. The Labute approximate surface area is 172 Å². The van der Waals surface area contributed by atoms with Crippen molar-refractivity contribution >= 4 is 29.4 Å². The minimum absolute atomic E-state index is 0.00294. The molecule has 0 saturated heterocycles. The van der Waals surface area contributed by atoms with E-state index in [2.05, 4.69) is 20.6 Å². The van der Waals surface area contributed by atoms with E-state index in [0.717, 1.165) is 12.8 Å². The third kappa shape index (κ3) is 5.44. The van der Waals surface area contributed by atoms with Gasteiger partial charge in [0.1, 0.15) is 17.8 Å². The van der Waals surface area contributed by atoms with Crippen LogP contribution in [0.2, 0.25) is 5.02 Å². The number of ether oxygens (including phenoxy) is 1. The zero-order chi connectivity index (χ0) is 21.1. The Morgan fingerprint density at radius 2 is 2.14 bits per heavy atom. The first kappa shape index (κ1) is 21.0. The standard InChI is InChI=1S/C19H22ClFN4O4/c1-9(21)8-28-18-14(20)6-13(7-22-18)10(2)23-17(27)15-11(3)24-19(29-15)25-16(26)12-4-5-12/h6-7,9-10,12H,4-5,8H2,1-3H3,(H,23,27)(H,24,25,26). The van der Waals surface area contributed by atoms with Crippen LogP contribution in [0.1, 0.15) is 54.5 Å². The number of anilines is 1. The summed E-state index contributed by atoms with van der Waals surface area (Å²) in [6, 6.07) is 1.15. The average molecular weight is 425 g/mol. The maximum absolute atomic E-state index is 12.9. The number of oxazole rings is 1. The number of rotatable bonds is 8. The molecule has 1 aliphatic carbocycles. The van der Waals surface area contributed by atoms with Crippen LogP contribution in [0.15, 0.2) is 16.7 Å². The third-order valence-electron chi connectivity index (χ3n) is 4.31. The lowest BCUT2D eigenvalue weighted by Gasteiger charge is -2.15. The number of carbonyl (C=O) groups is 2. The SMILES string of the molecule is Cc1nc(NC(=O)C2CC2)oc1C(=O)NC(C)c1cnc(OCC(C)F)c(Cl)c1. The highest BCUT2D eigenvalue weighted by molar-refractivity contribution is 6.31. The van der Waals surface area contributed by atoms with Gasteiger partial charge in [-0.15, -0.1) is 0 Å². The van der Waals surface area contributed by atoms with Gasteiger partial charge in [-0.2, -0.15) is 4.98 Å². The number of aromatic nitrogens is 2. The van der Waals surface area contributed by atoms with Crippen molar-refractivity contribution in [3.05, 3.63) is 34.3 Å². The van der Waals surface area contributed by atoms with Crippen molar-refractivity contribution in [1.29, 1.82) is 0 Å². The Balaban J connectivity index is 1.63. The molecule has 3 rings (SSSR count). The third-order valence-corrected chi connectivity index (χ3v) is 4.58. The van der Waals surface area contributed by atoms with Gasteiger partial charge in [-0.05, 0) is 45.2 Å². The minimum Gasteiger partial charge on any atom is -0.474 e. The molecule has 2 aromatic heterocycles. The molecule has 1 fully saturated rings. The second kappa shape index (κ2) is 8.77. The molecule has 2 aromatic rings. The fourth-order valence-corrected chi connectivity index (χ4v) is 2.77. The lowest BCUT2D eigenvalue weighted by atomic mass is 10.1. The number of hydrogen-bond acceptors (Lipinski definition) is 6. The second-order valence-electron chi connectivity index (χ2n) is 7.04. The van der Waals surface area contributed by atoms with Crippen molar-refractivity contribution in [2.24, 2.45) is 5.92 Å². The highest BCUT2D eigenvalue weighted by Crippen LogP contribution is 2.30. The van der Waals surface area contributed by atoms with Gasteiger partial charge in [-0.1, -0.05) is 11.6 Å². The molecule has 0 bridgehead atoms. The number of carbonyl (C=O) groups excluding carboxylic acids is 2. The molecule has 0 radical (unpaired) electrons. The van der Waals surface area contributed by atoms with E-state index in [4.69, 9.17) is 20.8 Å². The van der Waals surface area contributed by atoms with Crippen LogP contribution in [0.3, 0.4) is 0 Å². The van der Waals surface area contributed by atoms with Gasteiger partial charge in [0, 0.05) is 12.1 Å². The minimum atomic E-state index is -1.14. The summed E-state index contributed by atoms with van der Waals surface area (Å²) in [6.45, 7) is 4.58. The van der Waals surface area contributed by atoms with Gasteiger partial charge in [0.25, 0.3) is 5.91 Å². The molecule has 1 saturated carbocycles. The van der Waals surface area contributed by atoms with E-state index in [9.17, 15) is 14.0 Å². The molecule has 2 unspecified atom stereocenters. The summed E-state index contributed by atoms with van der Waals surface area (Å²) in [7, 11) is 0. The quantitative estimate of drug-likeness (QED) is 0.670. The molecule has 2 amide bonds. The van der Waals surface area contributed by atoms with Crippen molar-refractivity contribution < 1.29 is 23.1 Å². The Bertz CT molecular complexity index is 914. The van der Waals surface area contributed by atoms with E-state index >= 15 is 0 Å². The first-order chi connectivity index (χ1) is 13.7. The molecule has 1 aliphatic rings. The zero-order valence-corrected chi connectivity index (χ0v) is 17.0. The Hall–Kier alpha value is -2.68. The van der Waals surface area contributed by atoms with Gasteiger partial charge in [0.15, 0.2) is 0 Å². The number of hydrogen-bond donors (Lipinski definition) is 2. The first-order valence-electron chi connectivity index (χ1n) is 9.26. The van der Waals surface area contributed by atoms with Crippen molar-refractivity contribution in [2.75, 3.05) is 11.9 Å².